The Bertz CT molecular complexity index is 213. The normalized spacial score (nSPS) is 24.5. The highest BCUT2D eigenvalue weighted by Crippen LogP contribution is 2.17. The molecule has 0 bridgehead atoms. The van der Waals surface area contributed by atoms with E-state index < -0.39 is 0 Å². The molecule has 0 unspecified atom stereocenters. The summed E-state index contributed by atoms with van der Waals surface area (Å²) in [4.78, 5) is 6.43. The Morgan fingerprint density at radius 2 is 2.33 bits per heavy atom. The number of nitrogens with zero attached hydrogens (tertiary/aromatic N) is 2. The highest BCUT2D eigenvalue weighted by Gasteiger charge is 2.21. The molecule has 1 saturated heterocycles. The summed E-state index contributed by atoms with van der Waals surface area (Å²) in [5.41, 5.74) is 5.61. The molecular weight excluding hydrogens is 188 g/mol. The second kappa shape index (κ2) is 5.95. The van der Waals surface area contributed by atoms with E-state index in [1.54, 1.807) is 7.05 Å². The average Bonchev–Trinajstić information content (AvgIpc) is 2.26. The third-order valence-electron chi connectivity index (χ3n) is 3.09. The molecule has 3 N–H and O–H groups in total. The third-order valence-corrected chi connectivity index (χ3v) is 3.09. The molecule has 88 valence electrons. The van der Waals surface area contributed by atoms with E-state index in [4.69, 9.17) is 5.73 Å². The fraction of sp³-hybridized carbons (Fsp3) is 0.909. The summed E-state index contributed by atoms with van der Waals surface area (Å²) in [6, 6.07) is 0.657. The summed E-state index contributed by atoms with van der Waals surface area (Å²) in [6.07, 6.45) is 2.60. The number of aliphatic imine (C=N–C) groups is 1. The third kappa shape index (κ3) is 4.08. The van der Waals surface area contributed by atoms with Gasteiger partial charge in [0.05, 0.1) is 0 Å². The molecule has 0 radical (unpaired) electrons. The standard InChI is InChI=1S/C11H24N4/c1-9(2)15-6-4-5-10(8-15)7-14-11(12)13-3/h9-10H,4-8H2,1-3H3,(H3,12,13,14)/t10-/m1/s1. The molecule has 0 aromatic rings. The summed E-state index contributed by atoms with van der Waals surface area (Å²) in [7, 11) is 1.71. The van der Waals surface area contributed by atoms with Gasteiger partial charge in [0, 0.05) is 26.2 Å². The Labute approximate surface area is 92.9 Å². The van der Waals surface area contributed by atoms with Crippen LogP contribution in [0.15, 0.2) is 4.99 Å². The van der Waals surface area contributed by atoms with Gasteiger partial charge in [-0.05, 0) is 39.2 Å². The Hall–Kier alpha value is -0.770. The van der Waals surface area contributed by atoms with Gasteiger partial charge in [-0.3, -0.25) is 4.99 Å². The largest absolute Gasteiger partial charge is 0.370 e. The van der Waals surface area contributed by atoms with E-state index in [1.165, 1.54) is 25.9 Å². The highest BCUT2D eigenvalue weighted by molar-refractivity contribution is 5.77. The Morgan fingerprint density at radius 1 is 1.60 bits per heavy atom. The van der Waals surface area contributed by atoms with E-state index in [0.29, 0.717) is 17.9 Å². The fourth-order valence-corrected chi connectivity index (χ4v) is 2.06. The maximum Gasteiger partial charge on any atom is 0.188 e. The van der Waals surface area contributed by atoms with Crippen LogP contribution in [-0.2, 0) is 0 Å². The molecule has 4 heteroatoms. The topological polar surface area (TPSA) is 53.6 Å². The van der Waals surface area contributed by atoms with Gasteiger partial charge in [0.15, 0.2) is 5.96 Å². The SMILES string of the molecule is CN=C(N)NC[C@H]1CCCN(C(C)C)C1. The van der Waals surface area contributed by atoms with Crippen LogP contribution in [0.4, 0.5) is 0 Å². The summed E-state index contributed by atoms with van der Waals surface area (Å²) in [5.74, 6) is 1.26. The molecule has 0 spiro atoms. The molecule has 1 atom stereocenters. The summed E-state index contributed by atoms with van der Waals surface area (Å²) in [5, 5.41) is 3.16. The van der Waals surface area contributed by atoms with E-state index in [9.17, 15) is 0 Å². The lowest BCUT2D eigenvalue weighted by atomic mass is 9.97. The summed E-state index contributed by atoms with van der Waals surface area (Å²) in [6.45, 7) is 7.90. The predicted octanol–water partition coefficient (Wildman–Crippen LogP) is 0.641. The molecule has 1 aliphatic rings. The molecule has 1 aliphatic heterocycles. The van der Waals surface area contributed by atoms with Crippen LogP contribution >= 0.6 is 0 Å². The van der Waals surface area contributed by atoms with E-state index in [-0.39, 0.29) is 0 Å². The van der Waals surface area contributed by atoms with Crippen LogP contribution in [-0.4, -0.2) is 43.6 Å². The van der Waals surface area contributed by atoms with Gasteiger partial charge in [-0.2, -0.15) is 0 Å². The van der Waals surface area contributed by atoms with Crippen LogP contribution in [0.25, 0.3) is 0 Å². The van der Waals surface area contributed by atoms with Crippen molar-refractivity contribution in [1.82, 2.24) is 10.2 Å². The van der Waals surface area contributed by atoms with Crippen molar-refractivity contribution in [3.8, 4) is 0 Å². The number of nitrogens with two attached hydrogens (primary N) is 1. The number of piperidine rings is 1. The molecule has 15 heavy (non-hydrogen) atoms. The molecule has 1 rings (SSSR count). The van der Waals surface area contributed by atoms with E-state index in [0.717, 1.165) is 6.54 Å². The van der Waals surface area contributed by atoms with Crippen molar-refractivity contribution < 1.29 is 0 Å². The molecule has 1 heterocycles. The van der Waals surface area contributed by atoms with Crippen LogP contribution in [0, 0.1) is 5.92 Å². The first-order valence-electron chi connectivity index (χ1n) is 5.83. The quantitative estimate of drug-likeness (QED) is 0.533. The van der Waals surface area contributed by atoms with Gasteiger partial charge in [-0.25, -0.2) is 0 Å². The number of hydrogen-bond donors (Lipinski definition) is 2. The van der Waals surface area contributed by atoms with Crippen molar-refractivity contribution in [3.63, 3.8) is 0 Å². The number of nitrogens with one attached hydrogen (secondary N) is 1. The Morgan fingerprint density at radius 3 is 2.93 bits per heavy atom. The Balaban J connectivity index is 2.30. The predicted molar refractivity (Wildman–Crippen MR) is 65.0 cm³/mol. The first-order valence-corrected chi connectivity index (χ1v) is 5.83. The van der Waals surface area contributed by atoms with Gasteiger partial charge >= 0.3 is 0 Å². The lowest BCUT2D eigenvalue weighted by molar-refractivity contribution is 0.141. The van der Waals surface area contributed by atoms with Gasteiger partial charge in [-0.1, -0.05) is 0 Å². The summed E-state index contributed by atoms with van der Waals surface area (Å²) >= 11 is 0. The second-order valence-electron chi connectivity index (χ2n) is 4.59. The van der Waals surface area contributed by atoms with Crippen molar-refractivity contribution in [2.24, 2.45) is 16.6 Å². The number of likely N-dealkylation sites (tertiary alicyclic amines) is 1. The van der Waals surface area contributed by atoms with Crippen molar-refractivity contribution in [2.75, 3.05) is 26.7 Å². The maximum atomic E-state index is 5.61. The van der Waals surface area contributed by atoms with Gasteiger partial charge in [0.2, 0.25) is 0 Å². The van der Waals surface area contributed by atoms with E-state index in [1.807, 2.05) is 0 Å². The number of hydrogen-bond acceptors (Lipinski definition) is 2. The van der Waals surface area contributed by atoms with Crippen LogP contribution in [0.5, 0.6) is 0 Å². The van der Waals surface area contributed by atoms with E-state index >= 15 is 0 Å². The Kier molecular flexibility index (Phi) is 4.88. The van der Waals surface area contributed by atoms with E-state index in [2.05, 4.69) is 29.1 Å². The van der Waals surface area contributed by atoms with Crippen molar-refractivity contribution in [2.45, 2.75) is 32.7 Å². The molecule has 1 fully saturated rings. The first-order chi connectivity index (χ1) is 7.13. The minimum atomic E-state index is 0.552. The van der Waals surface area contributed by atoms with Gasteiger partial charge in [0.1, 0.15) is 0 Å². The van der Waals surface area contributed by atoms with Crippen molar-refractivity contribution >= 4 is 5.96 Å². The van der Waals surface area contributed by atoms with Crippen molar-refractivity contribution in [1.29, 1.82) is 0 Å². The maximum absolute atomic E-state index is 5.61. The number of guanidine groups is 1. The highest BCUT2D eigenvalue weighted by atomic mass is 15.2. The lowest BCUT2D eigenvalue weighted by Crippen LogP contribution is -2.44. The molecule has 0 amide bonds. The molecule has 4 nitrogen and oxygen atoms in total. The van der Waals surface area contributed by atoms with Crippen LogP contribution in [0.3, 0.4) is 0 Å². The van der Waals surface area contributed by atoms with Gasteiger partial charge in [0.25, 0.3) is 0 Å². The molecule has 0 aromatic carbocycles. The number of rotatable bonds is 3. The van der Waals surface area contributed by atoms with Crippen LogP contribution in [0.1, 0.15) is 26.7 Å². The molecular formula is C11H24N4. The first kappa shape index (κ1) is 12.3. The van der Waals surface area contributed by atoms with Crippen LogP contribution < -0.4 is 11.1 Å². The molecule has 0 saturated carbocycles. The zero-order valence-corrected chi connectivity index (χ0v) is 10.2. The lowest BCUT2D eigenvalue weighted by Gasteiger charge is -2.35. The second-order valence-corrected chi connectivity index (χ2v) is 4.59. The minimum absolute atomic E-state index is 0.552. The smallest absolute Gasteiger partial charge is 0.188 e. The molecule has 0 aromatic heterocycles. The van der Waals surface area contributed by atoms with Gasteiger partial charge < -0.3 is 16.0 Å². The van der Waals surface area contributed by atoms with Gasteiger partial charge in [-0.15, -0.1) is 0 Å². The zero-order valence-electron chi connectivity index (χ0n) is 10.2. The van der Waals surface area contributed by atoms with Crippen molar-refractivity contribution in [3.05, 3.63) is 0 Å². The summed E-state index contributed by atoms with van der Waals surface area (Å²) < 4.78 is 0. The monoisotopic (exact) mass is 212 g/mol. The minimum Gasteiger partial charge on any atom is -0.370 e. The van der Waals surface area contributed by atoms with Crippen LogP contribution in [0.2, 0.25) is 0 Å². The molecule has 0 aliphatic carbocycles. The zero-order chi connectivity index (χ0) is 11.3. The fourth-order valence-electron chi connectivity index (χ4n) is 2.06. The average molecular weight is 212 g/mol.